The van der Waals surface area contributed by atoms with Crippen LogP contribution in [0.5, 0.6) is 0 Å². The van der Waals surface area contributed by atoms with Crippen LogP contribution < -0.4 is 5.73 Å². The van der Waals surface area contributed by atoms with Gasteiger partial charge < -0.3 is 10.7 Å². The molecule has 0 saturated heterocycles. The van der Waals surface area contributed by atoms with Gasteiger partial charge in [0.1, 0.15) is 11.3 Å². The molecule has 4 nitrogen and oxygen atoms in total. The molecule has 2 aromatic heterocycles. The number of hydrogen-bond donors (Lipinski definition) is 2. The second-order valence-electron chi connectivity index (χ2n) is 3.85. The number of pyridine rings is 1. The number of aromatic amines is 1. The van der Waals surface area contributed by atoms with Crippen LogP contribution in [0.4, 0.5) is 14.5 Å². The molecule has 3 N–H and O–H groups in total. The second kappa shape index (κ2) is 3.76. The normalized spacial score (nSPS) is 11.0. The third-order valence-corrected chi connectivity index (χ3v) is 2.58. The summed E-state index contributed by atoms with van der Waals surface area (Å²) in [5.74, 6) is -1.49. The molecular weight excluding hydrogens is 238 g/mol. The Balaban J connectivity index is 2.23. The molecule has 0 fully saturated rings. The number of nitrogens with one attached hydrogen (secondary N) is 1. The van der Waals surface area contributed by atoms with Gasteiger partial charge in [0.2, 0.25) is 0 Å². The zero-order chi connectivity index (χ0) is 12.7. The number of nitrogens with two attached hydrogens (primary N) is 1. The Morgan fingerprint density at radius 1 is 1.17 bits per heavy atom. The number of aromatic nitrogens is 3. The number of hydrogen-bond acceptors (Lipinski definition) is 3. The van der Waals surface area contributed by atoms with Crippen LogP contribution in [-0.4, -0.2) is 15.0 Å². The number of H-pyrrole nitrogens is 1. The lowest BCUT2D eigenvalue weighted by atomic mass is 10.2. The van der Waals surface area contributed by atoms with Crippen molar-refractivity contribution in [2.45, 2.75) is 0 Å². The van der Waals surface area contributed by atoms with Crippen LogP contribution in [0.1, 0.15) is 0 Å². The quantitative estimate of drug-likeness (QED) is 0.693. The van der Waals surface area contributed by atoms with E-state index in [9.17, 15) is 8.78 Å². The van der Waals surface area contributed by atoms with E-state index < -0.39 is 11.6 Å². The van der Waals surface area contributed by atoms with Gasteiger partial charge in [-0.25, -0.2) is 13.8 Å². The van der Waals surface area contributed by atoms with Gasteiger partial charge in [-0.3, -0.25) is 4.98 Å². The molecule has 0 amide bonds. The lowest BCUT2D eigenvalue weighted by Crippen LogP contribution is -1.88. The first-order chi connectivity index (χ1) is 8.65. The molecule has 0 bridgehead atoms. The summed E-state index contributed by atoms with van der Waals surface area (Å²) in [6.07, 6.45) is 3.04. The maximum absolute atomic E-state index is 13.5. The van der Waals surface area contributed by atoms with E-state index >= 15 is 0 Å². The highest BCUT2D eigenvalue weighted by Gasteiger charge is 2.12. The Morgan fingerprint density at radius 3 is 2.78 bits per heavy atom. The molecule has 0 unspecified atom stereocenters. The average molecular weight is 246 g/mol. The monoisotopic (exact) mass is 246 g/mol. The summed E-state index contributed by atoms with van der Waals surface area (Å²) in [5.41, 5.74) is 7.08. The molecule has 0 radical (unpaired) electrons. The second-order valence-corrected chi connectivity index (χ2v) is 3.85. The van der Waals surface area contributed by atoms with Crippen LogP contribution in [0.2, 0.25) is 0 Å². The molecule has 0 aliphatic carbocycles. The number of nitrogens with zero attached hydrogens (tertiary/aromatic N) is 2. The highest BCUT2D eigenvalue weighted by molar-refractivity contribution is 5.80. The van der Waals surface area contributed by atoms with E-state index in [1.807, 2.05) is 0 Å². The van der Waals surface area contributed by atoms with Crippen molar-refractivity contribution in [1.82, 2.24) is 15.0 Å². The standard InChI is InChI=1S/C12H8F2N4/c13-8-1-2-9-11(10(8)14)18-12(17-9)6-3-7(15)5-16-4-6/h1-5H,15H2,(H,17,18). The molecule has 1 aromatic carbocycles. The van der Waals surface area contributed by atoms with Gasteiger partial charge in [0.25, 0.3) is 0 Å². The number of fused-ring (bicyclic) bond motifs is 1. The van der Waals surface area contributed by atoms with Gasteiger partial charge in [-0.1, -0.05) is 0 Å². The van der Waals surface area contributed by atoms with Gasteiger partial charge in [0, 0.05) is 18.0 Å². The smallest absolute Gasteiger partial charge is 0.186 e. The van der Waals surface area contributed by atoms with Crippen LogP contribution >= 0.6 is 0 Å². The van der Waals surface area contributed by atoms with E-state index in [2.05, 4.69) is 15.0 Å². The lowest BCUT2D eigenvalue weighted by Gasteiger charge is -1.96. The summed E-state index contributed by atoms with van der Waals surface area (Å²) in [6, 6.07) is 4.14. The van der Waals surface area contributed by atoms with Crippen molar-refractivity contribution in [2.75, 3.05) is 5.73 Å². The molecule has 3 aromatic rings. The van der Waals surface area contributed by atoms with E-state index in [1.54, 1.807) is 12.3 Å². The van der Waals surface area contributed by atoms with Crippen molar-refractivity contribution in [1.29, 1.82) is 0 Å². The Labute approximate surface area is 100 Å². The largest absolute Gasteiger partial charge is 0.397 e. The first-order valence-corrected chi connectivity index (χ1v) is 5.20. The fourth-order valence-electron chi connectivity index (χ4n) is 1.74. The fraction of sp³-hybridized carbons (Fsp3) is 0. The average Bonchev–Trinajstić information content (AvgIpc) is 2.79. The molecule has 0 spiro atoms. The molecule has 2 heterocycles. The number of benzene rings is 1. The molecule has 18 heavy (non-hydrogen) atoms. The van der Waals surface area contributed by atoms with Gasteiger partial charge in [0.15, 0.2) is 11.6 Å². The van der Waals surface area contributed by atoms with Crippen molar-refractivity contribution in [3.05, 3.63) is 42.2 Å². The number of nitrogen functional groups attached to an aromatic ring is 1. The van der Waals surface area contributed by atoms with Crippen LogP contribution in [-0.2, 0) is 0 Å². The molecule has 0 aliphatic heterocycles. The van der Waals surface area contributed by atoms with Crippen molar-refractivity contribution in [3.8, 4) is 11.4 Å². The summed E-state index contributed by atoms with van der Waals surface area (Å²) in [5, 5.41) is 0. The Hall–Kier alpha value is -2.50. The SMILES string of the molecule is Nc1cncc(-c2nc3c(F)c(F)ccc3[nH]2)c1. The molecule has 0 atom stereocenters. The fourth-order valence-corrected chi connectivity index (χ4v) is 1.74. The first-order valence-electron chi connectivity index (χ1n) is 5.20. The predicted molar refractivity (Wildman–Crippen MR) is 63.7 cm³/mol. The summed E-state index contributed by atoms with van der Waals surface area (Å²) in [7, 11) is 0. The van der Waals surface area contributed by atoms with Crippen LogP contribution in [0.3, 0.4) is 0 Å². The van der Waals surface area contributed by atoms with E-state index in [-0.39, 0.29) is 5.52 Å². The Morgan fingerprint density at radius 2 is 2.00 bits per heavy atom. The summed E-state index contributed by atoms with van der Waals surface area (Å²) >= 11 is 0. The topological polar surface area (TPSA) is 67.6 Å². The van der Waals surface area contributed by atoms with Gasteiger partial charge in [-0.05, 0) is 18.2 Å². The minimum atomic E-state index is -0.966. The van der Waals surface area contributed by atoms with Crippen LogP contribution in [0.15, 0.2) is 30.6 Å². The van der Waals surface area contributed by atoms with Gasteiger partial charge in [-0.15, -0.1) is 0 Å². The summed E-state index contributed by atoms with van der Waals surface area (Å²) in [4.78, 5) is 10.8. The zero-order valence-electron chi connectivity index (χ0n) is 9.11. The van der Waals surface area contributed by atoms with E-state index in [0.29, 0.717) is 22.6 Å². The third-order valence-electron chi connectivity index (χ3n) is 2.58. The number of imidazole rings is 1. The third kappa shape index (κ3) is 1.58. The Kier molecular flexibility index (Phi) is 2.22. The van der Waals surface area contributed by atoms with Gasteiger partial charge >= 0.3 is 0 Å². The van der Waals surface area contributed by atoms with E-state index in [1.165, 1.54) is 12.3 Å². The van der Waals surface area contributed by atoms with Crippen molar-refractivity contribution >= 4 is 16.7 Å². The van der Waals surface area contributed by atoms with Crippen LogP contribution in [0, 0.1) is 11.6 Å². The highest BCUT2D eigenvalue weighted by Crippen LogP contribution is 2.23. The predicted octanol–water partition coefficient (Wildman–Crippen LogP) is 2.49. The van der Waals surface area contributed by atoms with E-state index in [4.69, 9.17) is 5.73 Å². The molecule has 6 heteroatoms. The maximum Gasteiger partial charge on any atom is 0.186 e. The Bertz CT molecular complexity index is 736. The maximum atomic E-state index is 13.5. The molecular formula is C12H8F2N4. The van der Waals surface area contributed by atoms with Crippen molar-refractivity contribution in [2.24, 2.45) is 0 Å². The molecule has 3 rings (SSSR count). The van der Waals surface area contributed by atoms with Crippen LogP contribution in [0.25, 0.3) is 22.4 Å². The number of halogens is 2. The summed E-state index contributed by atoms with van der Waals surface area (Å²) < 4.78 is 26.6. The number of rotatable bonds is 1. The minimum absolute atomic E-state index is 0.0348. The highest BCUT2D eigenvalue weighted by atomic mass is 19.2. The lowest BCUT2D eigenvalue weighted by molar-refractivity contribution is 0.515. The zero-order valence-corrected chi connectivity index (χ0v) is 9.11. The van der Waals surface area contributed by atoms with Crippen molar-refractivity contribution < 1.29 is 8.78 Å². The van der Waals surface area contributed by atoms with Gasteiger partial charge in [-0.2, -0.15) is 0 Å². The molecule has 0 aliphatic rings. The van der Waals surface area contributed by atoms with Gasteiger partial charge in [0.05, 0.1) is 11.2 Å². The van der Waals surface area contributed by atoms with Crippen molar-refractivity contribution in [3.63, 3.8) is 0 Å². The van der Waals surface area contributed by atoms with E-state index in [0.717, 1.165) is 6.07 Å². The minimum Gasteiger partial charge on any atom is -0.397 e. The molecule has 0 saturated carbocycles. The first kappa shape index (κ1) is 10.6. The molecule has 90 valence electrons. The number of anilines is 1. The summed E-state index contributed by atoms with van der Waals surface area (Å²) in [6.45, 7) is 0.